The van der Waals surface area contributed by atoms with E-state index < -0.39 is 0 Å². The van der Waals surface area contributed by atoms with E-state index in [-0.39, 0.29) is 17.7 Å². The molecule has 3 nitrogen and oxygen atoms in total. The molecule has 2 atom stereocenters. The maximum Gasteiger partial charge on any atom is 0.244 e. The summed E-state index contributed by atoms with van der Waals surface area (Å²) in [5.74, 6) is 0.303. The molecule has 0 bridgehead atoms. The predicted octanol–water partition coefficient (Wildman–Crippen LogP) is 3.06. The van der Waals surface area contributed by atoms with Gasteiger partial charge in [0.2, 0.25) is 5.91 Å². The monoisotopic (exact) mass is 272 g/mol. The van der Waals surface area contributed by atoms with Crippen LogP contribution in [0.25, 0.3) is 0 Å². The van der Waals surface area contributed by atoms with Gasteiger partial charge in [0.25, 0.3) is 0 Å². The highest BCUT2D eigenvalue weighted by molar-refractivity contribution is 5.92. The third-order valence-corrected chi connectivity index (χ3v) is 4.88. The zero-order chi connectivity index (χ0) is 14.5. The lowest BCUT2D eigenvalue weighted by molar-refractivity contribution is -0.132. The number of amides is 1. The Hall–Kier alpha value is -1.35. The number of carbonyl (C=O) groups is 1. The van der Waals surface area contributed by atoms with Crippen molar-refractivity contribution in [2.75, 3.05) is 0 Å². The maximum atomic E-state index is 12.7. The van der Waals surface area contributed by atoms with E-state index in [2.05, 4.69) is 56.1 Å². The fourth-order valence-electron chi connectivity index (χ4n) is 3.17. The van der Waals surface area contributed by atoms with Crippen molar-refractivity contribution in [2.24, 2.45) is 0 Å². The second-order valence-corrected chi connectivity index (χ2v) is 6.46. The molecule has 1 saturated carbocycles. The third kappa shape index (κ3) is 1.96. The van der Waals surface area contributed by atoms with Gasteiger partial charge in [0.1, 0.15) is 11.7 Å². The van der Waals surface area contributed by atoms with E-state index in [4.69, 9.17) is 0 Å². The highest BCUT2D eigenvalue weighted by Gasteiger charge is 2.60. The van der Waals surface area contributed by atoms with E-state index in [1.54, 1.807) is 0 Å². The van der Waals surface area contributed by atoms with Crippen molar-refractivity contribution < 1.29 is 4.79 Å². The van der Waals surface area contributed by atoms with Crippen molar-refractivity contribution >= 4 is 5.91 Å². The number of rotatable bonds is 3. The van der Waals surface area contributed by atoms with Gasteiger partial charge in [-0.2, -0.15) is 0 Å². The van der Waals surface area contributed by atoms with Crippen LogP contribution in [0.15, 0.2) is 18.2 Å². The average Bonchev–Trinajstić information content (AvgIpc) is 3.15. The zero-order valence-corrected chi connectivity index (χ0v) is 12.9. The molecule has 108 valence electrons. The highest BCUT2D eigenvalue weighted by atomic mass is 16.2. The summed E-state index contributed by atoms with van der Waals surface area (Å²) >= 11 is 0. The SMILES string of the molecule is CCC(C)N1C(=O)C2(CC2)NC1c1cc(C)ccc1C. The van der Waals surface area contributed by atoms with Gasteiger partial charge < -0.3 is 4.90 Å². The second-order valence-electron chi connectivity index (χ2n) is 6.46. The molecule has 2 fully saturated rings. The lowest BCUT2D eigenvalue weighted by atomic mass is 10.0. The molecule has 3 heteroatoms. The molecule has 1 heterocycles. The summed E-state index contributed by atoms with van der Waals surface area (Å²) in [5.41, 5.74) is 3.51. The summed E-state index contributed by atoms with van der Waals surface area (Å²) in [6.07, 6.45) is 3.00. The molecule has 20 heavy (non-hydrogen) atoms. The van der Waals surface area contributed by atoms with Gasteiger partial charge in [-0.15, -0.1) is 0 Å². The van der Waals surface area contributed by atoms with Crippen LogP contribution in [-0.2, 0) is 4.79 Å². The highest BCUT2D eigenvalue weighted by Crippen LogP contribution is 2.47. The lowest BCUT2D eigenvalue weighted by Crippen LogP contribution is -2.38. The quantitative estimate of drug-likeness (QED) is 0.917. The molecule has 2 aliphatic rings. The maximum absolute atomic E-state index is 12.7. The lowest BCUT2D eigenvalue weighted by Gasteiger charge is -2.31. The normalized spacial score (nSPS) is 25.3. The smallest absolute Gasteiger partial charge is 0.244 e. The Balaban J connectivity index is 2.02. The molecule has 2 unspecified atom stereocenters. The molecular weight excluding hydrogens is 248 g/mol. The van der Waals surface area contributed by atoms with Crippen LogP contribution in [0, 0.1) is 13.8 Å². The van der Waals surface area contributed by atoms with Crippen molar-refractivity contribution in [2.45, 2.75) is 64.7 Å². The molecule has 1 N–H and O–H groups in total. The second kappa shape index (κ2) is 4.59. The van der Waals surface area contributed by atoms with Crippen LogP contribution in [0.1, 0.15) is 56.0 Å². The molecule has 1 aliphatic heterocycles. The van der Waals surface area contributed by atoms with Crippen LogP contribution in [0.2, 0.25) is 0 Å². The topological polar surface area (TPSA) is 32.3 Å². The predicted molar refractivity (Wildman–Crippen MR) is 80.4 cm³/mol. The van der Waals surface area contributed by atoms with Crippen molar-refractivity contribution in [3.8, 4) is 0 Å². The van der Waals surface area contributed by atoms with Crippen LogP contribution in [0.4, 0.5) is 0 Å². The first-order valence-corrected chi connectivity index (χ1v) is 7.66. The molecule has 1 aliphatic carbocycles. The Morgan fingerprint density at radius 1 is 1.40 bits per heavy atom. The van der Waals surface area contributed by atoms with Gasteiger partial charge in [0.05, 0.1) is 0 Å². The molecule has 1 amide bonds. The molecule has 0 radical (unpaired) electrons. The minimum absolute atomic E-state index is 0.0415. The van der Waals surface area contributed by atoms with Crippen LogP contribution in [0.3, 0.4) is 0 Å². The number of carbonyl (C=O) groups excluding carboxylic acids is 1. The van der Waals surface area contributed by atoms with Gasteiger partial charge in [-0.3, -0.25) is 10.1 Å². The van der Waals surface area contributed by atoms with E-state index >= 15 is 0 Å². The molecule has 1 spiro atoms. The van der Waals surface area contributed by atoms with Crippen molar-refractivity contribution in [3.05, 3.63) is 34.9 Å². The van der Waals surface area contributed by atoms with Gasteiger partial charge in [-0.1, -0.05) is 30.7 Å². The van der Waals surface area contributed by atoms with E-state index in [9.17, 15) is 4.79 Å². The van der Waals surface area contributed by atoms with Gasteiger partial charge in [-0.25, -0.2) is 0 Å². The summed E-state index contributed by atoms with van der Waals surface area (Å²) in [4.78, 5) is 14.8. The molecular formula is C17H24N2O. The number of hydrogen-bond acceptors (Lipinski definition) is 2. The van der Waals surface area contributed by atoms with Crippen molar-refractivity contribution in [1.82, 2.24) is 10.2 Å². The number of hydrogen-bond donors (Lipinski definition) is 1. The molecule has 1 aromatic rings. The van der Waals surface area contributed by atoms with Gasteiger partial charge in [0, 0.05) is 6.04 Å². The fourth-order valence-corrected chi connectivity index (χ4v) is 3.17. The van der Waals surface area contributed by atoms with Crippen LogP contribution in [0.5, 0.6) is 0 Å². The third-order valence-electron chi connectivity index (χ3n) is 4.88. The average molecular weight is 272 g/mol. The zero-order valence-electron chi connectivity index (χ0n) is 12.9. The van der Waals surface area contributed by atoms with Gasteiger partial charge in [0.15, 0.2) is 0 Å². The first kappa shape index (κ1) is 13.6. The first-order chi connectivity index (χ1) is 9.48. The molecule has 1 aromatic carbocycles. The number of nitrogens with one attached hydrogen (secondary N) is 1. The number of nitrogens with zero attached hydrogens (tertiary/aromatic N) is 1. The van der Waals surface area contributed by atoms with Crippen molar-refractivity contribution in [3.63, 3.8) is 0 Å². The van der Waals surface area contributed by atoms with E-state index in [1.807, 2.05) is 0 Å². The Labute approximate surface area is 121 Å². The largest absolute Gasteiger partial charge is 0.319 e. The summed E-state index contributed by atoms with van der Waals surface area (Å²) in [5, 5.41) is 3.62. The Bertz CT molecular complexity index is 548. The Kier molecular flexibility index (Phi) is 3.13. The minimum atomic E-state index is -0.246. The van der Waals surface area contributed by atoms with E-state index in [0.717, 1.165) is 19.3 Å². The Morgan fingerprint density at radius 3 is 2.70 bits per heavy atom. The van der Waals surface area contributed by atoms with Crippen LogP contribution < -0.4 is 5.32 Å². The molecule has 0 aromatic heterocycles. The summed E-state index contributed by atoms with van der Waals surface area (Å²) in [7, 11) is 0. The number of benzene rings is 1. The van der Waals surface area contributed by atoms with Crippen LogP contribution in [-0.4, -0.2) is 22.4 Å². The van der Waals surface area contributed by atoms with E-state index in [0.29, 0.717) is 5.91 Å². The first-order valence-electron chi connectivity index (χ1n) is 7.66. The molecule has 3 rings (SSSR count). The Morgan fingerprint density at radius 2 is 2.10 bits per heavy atom. The fraction of sp³-hybridized carbons (Fsp3) is 0.588. The van der Waals surface area contributed by atoms with Crippen molar-refractivity contribution in [1.29, 1.82) is 0 Å². The summed E-state index contributed by atoms with van der Waals surface area (Å²) < 4.78 is 0. The standard InChI is InChI=1S/C17H24N2O/c1-5-13(4)19-15(18-17(8-9-17)16(19)20)14-10-11(2)6-7-12(14)3/h6-7,10,13,15,18H,5,8-9H2,1-4H3. The van der Waals surface area contributed by atoms with E-state index in [1.165, 1.54) is 16.7 Å². The molecule has 1 saturated heterocycles. The van der Waals surface area contributed by atoms with Gasteiger partial charge in [-0.05, 0) is 51.2 Å². The minimum Gasteiger partial charge on any atom is -0.319 e. The number of aryl methyl sites for hydroxylation is 2. The van der Waals surface area contributed by atoms with Crippen LogP contribution >= 0.6 is 0 Å². The van der Waals surface area contributed by atoms with Gasteiger partial charge >= 0.3 is 0 Å². The summed E-state index contributed by atoms with van der Waals surface area (Å²) in [6.45, 7) is 8.54. The summed E-state index contributed by atoms with van der Waals surface area (Å²) in [6, 6.07) is 6.79.